The van der Waals surface area contributed by atoms with Gasteiger partial charge in [-0.2, -0.15) is 0 Å². The van der Waals surface area contributed by atoms with Crippen molar-refractivity contribution in [2.45, 2.75) is 32.7 Å². The van der Waals surface area contributed by atoms with Crippen LogP contribution in [0.25, 0.3) is 0 Å². The summed E-state index contributed by atoms with van der Waals surface area (Å²) < 4.78 is 0. The van der Waals surface area contributed by atoms with Crippen LogP contribution in [0.15, 0.2) is 12.4 Å². The van der Waals surface area contributed by atoms with Crippen LogP contribution in [-0.4, -0.2) is 40.9 Å². The van der Waals surface area contributed by atoms with E-state index < -0.39 is 0 Å². The minimum atomic E-state index is -0.344. The van der Waals surface area contributed by atoms with Crippen LogP contribution in [0, 0.1) is 0 Å². The second-order valence-corrected chi connectivity index (χ2v) is 5.34. The quantitative estimate of drug-likeness (QED) is 0.731. The first-order valence-corrected chi connectivity index (χ1v) is 6.41. The summed E-state index contributed by atoms with van der Waals surface area (Å²) in [6.45, 7) is 5.98. The molecular formula is C13H21N5O2. The molecule has 110 valence electrons. The number of hydrogen-bond acceptors (Lipinski definition) is 5. The Hall–Kier alpha value is -2.18. The zero-order valence-corrected chi connectivity index (χ0v) is 12.3. The predicted octanol–water partition coefficient (Wildman–Crippen LogP) is 0.553. The largest absolute Gasteiger partial charge is 0.372 e. The van der Waals surface area contributed by atoms with Gasteiger partial charge in [-0.3, -0.25) is 9.59 Å². The molecule has 0 saturated heterocycles. The molecule has 0 aliphatic carbocycles. The van der Waals surface area contributed by atoms with Crippen LogP contribution in [0.2, 0.25) is 0 Å². The molecule has 0 aliphatic rings. The summed E-state index contributed by atoms with van der Waals surface area (Å²) in [5.74, 6) is 0.143. The van der Waals surface area contributed by atoms with E-state index in [1.807, 2.05) is 20.8 Å². The van der Waals surface area contributed by atoms with E-state index in [4.69, 9.17) is 0 Å². The summed E-state index contributed by atoms with van der Waals surface area (Å²) in [6, 6.07) is 0. The third-order valence-corrected chi connectivity index (χ3v) is 2.29. The molecule has 1 aromatic rings. The van der Waals surface area contributed by atoms with E-state index in [9.17, 15) is 9.59 Å². The average Bonchev–Trinajstić information content (AvgIpc) is 2.36. The lowest BCUT2D eigenvalue weighted by Gasteiger charge is -2.20. The van der Waals surface area contributed by atoms with Gasteiger partial charge in [0.25, 0.3) is 5.91 Å². The van der Waals surface area contributed by atoms with Crippen molar-refractivity contribution >= 4 is 17.6 Å². The molecule has 0 saturated carbocycles. The number of amides is 2. The molecule has 7 heteroatoms. The normalized spacial score (nSPS) is 10.8. The molecule has 0 radical (unpaired) electrons. The van der Waals surface area contributed by atoms with E-state index in [1.165, 1.54) is 12.4 Å². The highest BCUT2D eigenvalue weighted by molar-refractivity contribution is 5.92. The molecule has 1 rings (SSSR count). The van der Waals surface area contributed by atoms with Gasteiger partial charge in [0.1, 0.15) is 11.5 Å². The topological polar surface area (TPSA) is 96.0 Å². The van der Waals surface area contributed by atoms with Gasteiger partial charge in [-0.25, -0.2) is 9.97 Å². The molecule has 1 aromatic heterocycles. The van der Waals surface area contributed by atoms with Crippen LogP contribution in [0.4, 0.5) is 5.82 Å². The molecule has 1 heterocycles. The second-order valence-electron chi connectivity index (χ2n) is 5.34. The monoisotopic (exact) mass is 279 g/mol. The smallest absolute Gasteiger partial charge is 0.271 e. The third-order valence-electron chi connectivity index (χ3n) is 2.29. The number of nitrogens with one attached hydrogen (secondary N) is 3. The van der Waals surface area contributed by atoms with Crippen LogP contribution < -0.4 is 16.0 Å². The molecule has 0 aliphatic heterocycles. The lowest BCUT2D eigenvalue weighted by Crippen LogP contribution is -2.42. The summed E-state index contributed by atoms with van der Waals surface area (Å²) in [7, 11) is 1.72. The highest BCUT2D eigenvalue weighted by Crippen LogP contribution is 2.00. The molecule has 0 spiro atoms. The Kier molecular flexibility index (Phi) is 5.42. The van der Waals surface area contributed by atoms with Crippen LogP contribution in [0.1, 0.15) is 37.7 Å². The zero-order chi connectivity index (χ0) is 15.2. The Bertz CT molecular complexity index is 465. The number of carbonyl (C=O) groups is 2. The fourth-order valence-corrected chi connectivity index (χ4v) is 1.44. The minimum Gasteiger partial charge on any atom is -0.372 e. The number of rotatable bonds is 5. The van der Waals surface area contributed by atoms with E-state index in [-0.39, 0.29) is 36.0 Å². The van der Waals surface area contributed by atoms with Crippen LogP contribution in [0.3, 0.4) is 0 Å². The summed E-state index contributed by atoms with van der Waals surface area (Å²) in [4.78, 5) is 31.3. The SMILES string of the molecule is CNc1cnc(C(=O)NCCC(=O)NC(C)(C)C)cn1. The van der Waals surface area contributed by atoms with Crippen LogP contribution in [0.5, 0.6) is 0 Å². The standard InChI is InChI=1S/C13H21N5O2/c1-13(2,3)18-11(19)5-6-15-12(20)9-7-17-10(14-4)8-16-9/h7-8H,5-6H2,1-4H3,(H,14,17)(H,15,20)(H,18,19). The van der Waals surface area contributed by atoms with Gasteiger partial charge >= 0.3 is 0 Å². The predicted molar refractivity (Wildman–Crippen MR) is 76.4 cm³/mol. The molecule has 7 nitrogen and oxygen atoms in total. The Balaban J connectivity index is 2.38. The molecule has 20 heavy (non-hydrogen) atoms. The first kappa shape index (κ1) is 15.9. The molecule has 0 atom stereocenters. The van der Waals surface area contributed by atoms with Crippen LogP contribution >= 0.6 is 0 Å². The molecule has 0 fully saturated rings. The van der Waals surface area contributed by atoms with Gasteiger partial charge in [-0.15, -0.1) is 0 Å². The maximum absolute atomic E-state index is 11.7. The second kappa shape index (κ2) is 6.83. The Morgan fingerprint density at radius 1 is 1.20 bits per heavy atom. The minimum absolute atomic E-state index is 0.102. The maximum Gasteiger partial charge on any atom is 0.271 e. The Morgan fingerprint density at radius 2 is 1.90 bits per heavy atom. The Morgan fingerprint density at radius 3 is 2.40 bits per heavy atom. The number of anilines is 1. The summed E-state index contributed by atoms with van der Waals surface area (Å²) in [5, 5.41) is 8.27. The third kappa shape index (κ3) is 5.64. The van der Waals surface area contributed by atoms with Crippen molar-refractivity contribution in [3.8, 4) is 0 Å². The molecule has 2 amide bonds. The van der Waals surface area contributed by atoms with Crippen molar-refractivity contribution in [1.29, 1.82) is 0 Å². The molecule has 0 unspecified atom stereocenters. The lowest BCUT2D eigenvalue weighted by atomic mass is 10.1. The van der Waals surface area contributed by atoms with E-state index in [0.29, 0.717) is 5.82 Å². The van der Waals surface area contributed by atoms with E-state index in [0.717, 1.165) is 0 Å². The number of carbonyl (C=O) groups excluding carboxylic acids is 2. The Labute approximate surface area is 118 Å². The lowest BCUT2D eigenvalue weighted by molar-refractivity contribution is -0.122. The van der Waals surface area contributed by atoms with Crippen molar-refractivity contribution in [3.05, 3.63) is 18.1 Å². The number of hydrogen-bond donors (Lipinski definition) is 3. The first-order valence-electron chi connectivity index (χ1n) is 6.41. The highest BCUT2D eigenvalue weighted by atomic mass is 16.2. The van der Waals surface area contributed by atoms with Crippen molar-refractivity contribution in [3.63, 3.8) is 0 Å². The molecule has 3 N–H and O–H groups in total. The fraction of sp³-hybridized carbons (Fsp3) is 0.538. The van der Waals surface area contributed by atoms with Gasteiger partial charge in [-0.05, 0) is 20.8 Å². The van der Waals surface area contributed by atoms with Crippen molar-refractivity contribution in [2.75, 3.05) is 18.9 Å². The van der Waals surface area contributed by atoms with Gasteiger partial charge in [0.05, 0.1) is 12.4 Å². The summed E-state index contributed by atoms with van der Waals surface area (Å²) >= 11 is 0. The molecular weight excluding hydrogens is 258 g/mol. The fourth-order valence-electron chi connectivity index (χ4n) is 1.44. The first-order chi connectivity index (χ1) is 9.31. The van der Waals surface area contributed by atoms with Crippen molar-refractivity contribution in [2.24, 2.45) is 0 Å². The number of nitrogens with zero attached hydrogens (tertiary/aromatic N) is 2. The van der Waals surface area contributed by atoms with Gasteiger partial charge in [0.2, 0.25) is 5.91 Å². The van der Waals surface area contributed by atoms with Gasteiger partial charge in [0.15, 0.2) is 0 Å². The van der Waals surface area contributed by atoms with Gasteiger partial charge in [0, 0.05) is 25.6 Å². The maximum atomic E-state index is 11.7. The molecule has 0 bridgehead atoms. The summed E-state index contributed by atoms with van der Waals surface area (Å²) in [5.41, 5.74) is -0.0459. The number of aromatic nitrogens is 2. The van der Waals surface area contributed by atoms with Gasteiger partial charge in [-0.1, -0.05) is 0 Å². The molecule has 0 aromatic carbocycles. The van der Waals surface area contributed by atoms with E-state index in [1.54, 1.807) is 7.05 Å². The average molecular weight is 279 g/mol. The van der Waals surface area contributed by atoms with Crippen LogP contribution in [-0.2, 0) is 4.79 Å². The van der Waals surface area contributed by atoms with E-state index in [2.05, 4.69) is 25.9 Å². The highest BCUT2D eigenvalue weighted by Gasteiger charge is 2.14. The van der Waals surface area contributed by atoms with Gasteiger partial charge < -0.3 is 16.0 Å². The van der Waals surface area contributed by atoms with E-state index >= 15 is 0 Å². The van der Waals surface area contributed by atoms with Crippen molar-refractivity contribution in [1.82, 2.24) is 20.6 Å². The summed E-state index contributed by atoms with van der Waals surface area (Å²) in [6.07, 6.45) is 3.09. The zero-order valence-electron chi connectivity index (χ0n) is 12.3. The van der Waals surface area contributed by atoms with Crippen molar-refractivity contribution < 1.29 is 9.59 Å².